The number of hydrogen-bond donors (Lipinski definition) is 3. The summed E-state index contributed by atoms with van der Waals surface area (Å²) in [7, 11) is -3.78. The number of sulfonamides is 1. The van der Waals surface area contributed by atoms with Gasteiger partial charge in [-0.1, -0.05) is 0 Å². The Hall–Kier alpha value is -2.04. The monoisotopic (exact) mass is 317 g/mol. The minimum Gasteiger partial charge on any atom is -0.480 e. The van der Waals surface area contributed by atoms with Crippen molar-refractivity contribution in [2.45, 2.75) is 23.8 Å². The van der Waals surface area contributed by atoms with Gasteiger partial charge in [0.2, 0.25) is 10.0 Å². The molecule has 0 aromatic heterocycles. The van der Waals surface area contributed by atoms with Crippen LogP contribution in [0.15, 0.2) is 29.2 Å². The molecule has 0 radical (unpaired) electrons. The van der Waals surface area contributed by atoms with Gasteiger partial charge in [0.1, 0.15) is 6.04 Å². The van der Waals surface area contributed by atoms with E-state index < -0.39 is 27.0 Å². The lowest BCUT2D eigenvalue weighted by molar-refractivity contribution is -0.384. The molecule has 4 N–H and O–H groups in total. The molecule has 0 aliphatic rings. The lowest BCUT2D eigenvalue weighted by Crippen LogP contribution is -2.32. The largest absolute Gasteiger partial charge is 0.480 e. The predicted molar refractivity (Wildman–Crippen MR) is 73.1 cm³/mol. The molecule has 21 heavy (non-hydrogen) atoms. The predicted octanol–water partition coefficient (Wildman–Crippen LogP) is 0.0652. The zero-order chi connectivity index (χ0) is 16.0. The maximum atomic E-state index is 11.9. The Morgan fingerprint density at radius 2 is 1.95 bits per heavy atom. The van der Waals surface area contributed by atoms with Gasteiger partial charge in [0.15, 0.2) is 0 Å². The maximum Gasteiger partial charge on any atom is 0.320 e. The highest BCUT2D eigenvalue weighted by Gasteiger charge is 2.16. The Morgan fingerprint density at radius 1 is 1.38 bits per heavy atom. The van der Waals surface area contributed by atoms with Crippen LogP contribution in [0.1, 0.15) is 12.8 Å². The number of aliphatic carboxylic acids is 1. The van der Waals surface area contributed by atoms with Crippen LogP contribution in [-0.4, -0.2) is 37.0 Å². The number of benzene rings is 1. The molecule has 0 heterocycles. The highest BCUT2D eigenvalue weighted by molar-refractivity contribution is 7.89. The fraction of sp³-hybridized carbons (Fsp3) is 0.364. The molecule has 1 aromatic rings. The first-order valence-corrected chi connectivity index (χ1v) is 7.45. The molecule has 0 amide bonds. The van der Waals surface area contributed by atoms with E-state index in [9.17, 15) is 23.3 Å². The van der Waals surface area contributed by atoms with E-state index in [1.54, 1.807) is 0 Å². The number of nitro benzene ring substituents is 1. The first kappa shape index (κ1) is 17.0. The summed E-state index contributed by atoms with van der Waals surface area (Å²) in [6, 6.07) is 3.41. The third-order valence-electron chi connectivity index (χ3n) is 2.66. The zero-order valence-corrected chi connectivity index (χ0v) is 11.7. The summed E-state index contributed by atoms with van der Waals surface area (Å²) < 4.78 is 26.0. The summed E-state index contributed by atoms with van der Waals surface area (Å²) in [4.78, 5) is 20.2. The molecule has 0 bridgehead atoms. The highest BCUT2D eigenvalue weighted by Crippen LogP contribution is 2.15. The van der Waals surface area contributed by atoms with Gasteiger partial charge in [-0.05, 0) is 25.0 Å². The van der Waals surface area contributed by atoms with Crippen LogP contribution in [0.4, 0.5) is 5.69 Å². The van der Waals surface area contributed by atoms with Crippen molar-refractivity contribution < 1.29 is 23.2 Å². The zero-order valence-electron chi connectivity index (χ0n) is 10.9. The Balaban J connectivity index is 2.57. The van der Waals surface area contributed by atoms with Gasteiger partial charge in [-0.25, -0.2) is 13.1 Å². The minimum atomic E-state index is -3.78. The number of hydrogen-bond acceptors (Lipinski definition) is 6. The molecule has 0 saturated carbocycles. The van der Waals surface area contributed by atoms with Gasteiger partial charge in [-0.2, -0.15) is 0 Å². The van der Waals surface area contributed by atoms with Crippen LogP contribution in [0, 0.1) is 10.1 Å². The third-order valence-corrected chi connectivity index (χ3v) is 4.14. The molecule has 116 valence electrons. The number of carbonyl (C=O) groups is 1. The van der Waals surface area contributed by atoms with Crippen molar-refractivity contribution in [1.29, 1.82) is 0 Å². The normalized spacial score (nSPS) is 12.8. The van der Waals surface area contributed by atoms with E-state index in [0.717, 1.165) is 24.3 Å². The van der Waals surface area contributed by atoms with Gasteiger partial charge in [-0.15, -0.1) is 0 Å². The fourth-order valence-electron chi connectivity index (χ4n) is 1.48. The standard InChI is InChI=1S/C11H15N3O6S/c12-10(11(15)16)2-1-7-13-21(19,20)9-5-3-8(4-6-9)14(17)18/h3-6,10,13H,1-2,7,12H2,(H,15,16)/t10-/m1/s1. The molecule has 0 aliphatic carbocycles. The van der Waals surface area contributed by atoms with E-state index in [1.807, 2.05) is 0 Å². The average molecular weight is 317 g/mol. The Kier molecular flexibility index (Phi) is 5.76. The number of non-ortho nitro benzene ring substituents is 1. The second-order valence-corrected chi connectivity index (χ2v) is 6.00. The lowest BCUT2D eigenvalue weighted by Gasteiger charge is -2.08. The molecular weight excluding hydrogens is 302 g/mol. The van der Waals surface area contributed by atoms with Crippen molar-refractivity contribution in [1.82, 2.24) is 4.72 Å². The molecule has 0 fully saturated rings. The van der Waals surface area contributed by atoms with E-state index in [-0.39, 0.29) is 30.0 Å². The van der Waals surface area contributed by atoms with Crippen molar-refractivity contribution in [3.63, 3.8) is 0 Å². The van der Waals surface area contributed by atoms with Crippen LogP contribution in [0.2, 0.25) is 0 Å². The summed E-state index contributed by atoms with van der Waals surface area (Å²) in [5, 5.41) is 19.0. The Bertz CT molecular complexity index is 613. The van der Waals surface area contributed by atoms with Crippen LogP contribution >= 0.6 is 0 Å². The number of nitrogens with two attached hydrogens (primary N) is 1. The highest BCUT2D eigenvalue weighted by atomic mass is 32.2. The molecule has 0 unspecified atom stereocenters. The maximum absolute atomic E-state index is 11.9. The number of rotatable bonds is 8. The Labute approximate surface area is 121 Å². The second kappa shape index (κ2) is 7.11. The first-order chi connectivity index (χ1) is 9.74. The van der Waals surface area contributed by atoms with E-state index >= 15 is 0 Å². The number of nitrogens with one attached hydrogen (secondary N) is 1. The molecule has 0 aliphatic heterocycles. The second-order valence-electron chi connectivity index (χ2n) is 4.24. The summed E-state index contributed by atoms with van der Waals surface area (Å²) in [6.45, 7) is 0.0281. The van der Waals surface area contributed by atoms with E-state index in [4.69, 9.17) is 10.8 Å². The number of nitrogens with zero attached hydrogens (tertiary/aromatic N) is 1. The Morgan fingerprint density at radius 3 is 2.43 bits per heavy atom. The summed E-state index contributed by atoms with van der Waals surface area (Å²) in [5.41, 5.74) is 5.07. The van der Waals surface area contributed by atoms with Crippen molar-refractivity contribution in [3.05, 3.63) is 34.4 Å². The molecule has 0 saturated heterocycles. The van der Waals surface area contributed by atoms with E-state index in [1.165, 1.54) is 0 Å². The quantitative estimate of drug-likeness (QED) is 0.348. The van der Waals surface area contributed by atoms with Gasteiger partial charge in [0.05, 0.1) is 9.82 Å². The molecule has 9 nitrogen and oxygen atoms in total. The molecule has 1 rings (SSSR count). The number of carboxylic acids is 1. The van der Waals surface area contributed by atoms with Crippen LogP contribution in [0.3, 0.4) is 0 Å². The van der Waals surface area contributed by atoms with Gasteiger partial charge in [0.25, 0.3) is 5.69 Å². The van der Waals surface area contributed by atoms with Gasteiger partial charge in [-0.3, -0.25) is 14.9 Å². The average Bonchev–Trinajstić information content (AvgIpc) is 2.43. The lowest BCUT2D eigenvalue weighted by atomic mass is 10.2. The number of carboxylic acid groups (broad SMARTS) is 1. The molecule has 10 heteroatoms. The van der Waals surface area contributed by atoms with Crippen LogP contribution in [-0.2, 0) is 14.8 Å². The summed E-state index contributed by atoms with van der Waals surface area (Å²) in [6.07, 6.45) is 0.401. The first-order valence-electron chi connectivity index (χ1n) is 5.96. The molecule has 1 atom stereocenters. The fourth-order valence-corrected chi connectivity index (χ4v) is 2.56. The molecule has 1 aromatic carbocycles. The van der Waals surface area contributed by atoms with Gasteiger partial charge in [0, 0.05) is 18.7 Å². The SMILES string of the molecule is N[C@H](CCCNS(=O)(=O)c1ccc([N+](=O)[O-])cc1)C(=O)O. The van der Waals surface area contributed by atoms with Crippen LogP contribution in [0.5, 0.6) is 0 Å². The minimum absolute atomic E-state index is 0.0281. The topological polar surface area (TPSA) is 153 Å². The van der Waals surface area contributed by atoms with Crippen molar-refractivity contribution >= 4 is 21.7 Å². The molecular formula is C11H15N3O6S. The number of nitro groups is 1. The van der Waals surface area contributed by atoms with Crippen molar-refractivity contribution in [2.24, 2.45) is 5.73 Å². The van der Waals surface area contributed by atoms with Crippen molar-refractivity contribution in [2.75, 3.05) is 6.54 Å². The summed E-state index contributed by atoms with van der Waals surface area (Å²) in [5.74, 6) is -1.15. The third kappa shape index (κ3) is 5.10. The summed E-state index contributed by atoms with van der Waals surface area (Å²) >= 11 is 0. The van der Waals surface area contributed by atoms with Gasteiger partial charge < -0.3 is 10.8 Å². The molecule has 0 spiro atoms. The van der Waals surface area contributed by atoms with Crippen LogP contribution < -0.4 is 10.5 Å². The van der Waals surface area contributed by atoms with E-state index in [2.05, 4.69) is 4.72 Å². The van der Waals surface area contributed by atoms with Crippen molar-refractivity contribution in [3.8, 4) is 0 Å². The van der Waals surface area contributed by atoms with E-state index in [0.29, 0.717) is 0 Å². The van der Waals surface area contributed by atoms with Gasteiger partial charge >= 0.3 is 5.97 Å². The van der Waals surface area contributed by atoms with Crippen LogP contribution in [0.25, 0.3) is 0 Å². The smallest absolute Gasteiger partial charge is 0.320 e.